The van der Waals surface area contributed by atoms with E-state index in [-0.39, 0.29) is 12.3 Å². The monoisotopic (exact) mass is 368 g/mol. The molecule has 0 spiro atoms. The third-order valence-electron chi connectivity index (χ3n) is 4.86. The number of aliphatic carboxylic acids is 1. The van der Waals surface area contributed by atoms with Gasteiger partial charge in [-0.25, -0.2) is 4.79 Å². The summed E-state index contributed by atoms with van der Waals surface area (Å²) in [6, 6.07) is 14.1. The number of benzene rings is 2. The average molecular weight is 369 g/mol. The highest BCUT2D eigenvalue weighted by atomic mass is 35.5. The summed E-state index contributed by atoms with van der Waals surface area (Å²) in [7, 11) is 0. The Kier molecular flexibility index (Phi) is 4.17. The number of anilines is 2. The Morgan fingerprint density at radius 2 is 1.92 bits per heavy atom. The Morgan fingerprint density at radius 1 is 1.15 bits per heavy atom. The number of carbonyl (C=O) groups excluding carboxylic acids is 1. The molecule has 5 nitrogen and oxygen atoms in total. The number of halogens is 1. The second-order valence-corrected chi connectivity index (χ2v) is 6.87. The smallest absolute Gasteiger partial charge is 0.326 e. The van der Waals surface area contributed by atoms with E-state index in [0.717, 1.165) is 16.8 Å². The van der Waals surface area contributed by atoms with Gasteiger partial charge in [0.15, 0.2) is 0 Å². The van der Waals surface area contributed by atoms with Crippen LogP contribution in [0.15, 0.2) is 54.1 Å². The van der Waals surface area contributed by atoms with Crippen molar-refractivity contribution >= 4 is 40.4 Å². The number of carbonyl (C=O) groups is 2. The third kappa shape index (κ3) is 2.84. The standard InChI is InChI=1S/C20H17ClN2O3/c21-12-6-7-14-16(11-18(20(25)26)22-17(14)10-12)15-8-9-23(19(15)24)13-4-2-1-3-5-13/h1-7,10,18,22H,8-9,11H2,(H,25,26)/b16-15+. The normalized spacial score (nSPS) is 22.1. The highest BCUT2D eigenvalue weighted by Crippen LogP contribution is 2.40. The van der Waals surface area contributed by atoms with E-state index >= 15 is 0 Å². The number of para-hydroxylation sites is 1. The molecule has 2 aliphatic rings. The van der Waals surface area contributed by atoms with Gasteiger partial charge in [-0.3, -0.25) is 4.79 Å². The number of rotatable bonds is 2. The molecule has 2 aliphatic heterocycles. The van der Waals surface area contributed by atoms with Crippen LogP contribution in [0.1, 0.15) is 18.4 Å². The van der Waals surface area contributed by atoms with Crippen LogP contribution in [0, 0.1) is 0 Å². The Bertz CT molecular complexity index is 924. The molecule has 1 fully saturated rings. The van der Waals surface area contributed by atoms with E-state index in [9.17, 15) is 14.7 Å². The summed E-state index contributed by atoms with van der Waals surface area (Å²) >= 11 is 6.06. The van der Waals surface area contributed by atoms with Gasteiger partial charge in [-0.1, -0.05) is 35.9 Å². The van der Waals surface area contributed by atoms with Crippen molar-refractivity contribution in [2.45, 2.75) is 18.9 Å². The van der Waals surface area contributed by atoms with Gasteiger partial charge in [0.05, 0.1) is 0 Å². The Hall–Kier alpha value is -2.79. The summed E-state index contributed by atoms with van der Waals surface area (Å²) in [5, 5.41) is 13.0. The number of fused-ring (bicyclic) bond motifs is 1. The van der Waals surface area contributed by atoms with Crippen molar-refractivity contribution in [2.75, 3.05) is 16.8 Å². The van der Waals surface area contributed by atoms with Crippen LogP contribution in [0.5, 0.6) is 0 Å². The van der Waals surface area contributed by atoms with Crippen molar-refractivity contribution in [3.63, 3.8) is 0 Å². The molecule has 0 radical (unpaired) electrons. The first-order valence-corrected chi connectivity index (χ1v) is 8.80. The van der Waals surface area contributed by atoms with Crippen molar-refractivity contribution in [3.05, 3.63) is 64.7 Å². The van der Waals surface area contributed by atoms with Crippen LogP contribution >= 0.6 is 11.6 Å². The van der Waals surface area contributed by atoms with Gasteiger partial charge in [-0.2, -0.15) is 0 Å². The molecular weight excluding hydrogens is 352 g/mol. The molecule has 0 aromatic heterocycles. The molecule has 2 aromatic carbocycles. The Labute approximate surface area is 155 Å². The van der Waals surface area contributed by atoms with Gasteiger partial charge >= 0.3 is 5.97 Å². The molecule has 2 N–H and O–H groups in total. The van der Waals surface area contributed by atoms with E-state index in [1.54, 1.807) is 17.0 Å². The van der Waals surface area contributed by atoms with E-state index in [0.29, 0.717) is 29.2 Å². The van der Waals surface area contributed by atoms with Crippen LogP contribution in [0.2, 0.25) is 5.02 Å². The zero-order valence-electron chi connectivity index (χ0n) is 13.9. The molecule has 132 valence electrons. The van der Waals surface area contributed by atoms with Gasteiger partial charge in [0.1, 0.15) is 6.04 Å². The van der Waals surface area contributed by atoms with Crippen molar-refractivity contribution in [1.82, 2.24) is 0 Å². The summed E-state index contributed by atoms with van der Waals surface area (Å²) < 4.78 is 0. The minimum absolute atomic E-state index is 0.0573. The third-order valence-corrected chi connectivity index (χ3v) is 5.10. The summed E-state index contributed by atoms with van der Waals surface area (Å²) in [5.41, 5.74) is 3.85. The van der Waals surface area contributed by atoms with Gasteiger partial charge in [0, 0.05) is 40.5 Å². The molecule has 1 amide bonds. The fourth-order valence-electron chi connectivity index (χ4n) is 3.62. The van der Waals surface area contributed by atoms with Gasteiger partial charge in [-0.15, -0.1) is 0 Å². The second kappa shape index (κ2) is 6.50. The molecule has 2 aromatic rings. The van der Waals surface area contributed by atoms with Gasteiger partial charge < -0.3 is 15.3 Å². The molecule has 0 aliphatic carbocycles. The van der Waals surface area contributed by atoms with Crippen molar-refractivity contribution < 1.29 is 14.7 Å². The summed E-state index contributed by atoms with van der Waals surface area (Å²) in [6.07, 6.45) is 0.866. The summed E-state index contributed by atoms with van der Waals surface area (Å²) in [5.74, 6) is -1.00. The fourth-order valence-corrected chi connectivity index (χ4v) is 3.79. The number of amides is 1. The molecule has 6 heteroatoms. The lowest BCUT2D eigenvalue weighted by atomic mass is 9.88. The van der Waals surface area contributed by atoms with Crippen LogP contribution in [-0.4, -0.2) is 29.6 Å². The topological polar surface area (TPSA) is 69.6 Å². The molecule has 0 bridgehead atoms. The predicted molar refractivity (Wildman–Crippen MR) is 101 cm³/mol. The Morgan fingerprint density at radius 3 is 2.65 bits per heavy atom. The van der Waals surface area contributed by atoms with Crippen molar-refractivity contribution in [3.8, 4) is 0 Å². The first-order valence-electron chi connectivity index (χ1n) is 8.43. The zero-order valence-corrected chi connectivity index (χ0v) is 14.7. The molecule has 1 unspecified atom stereocenters. The second-order valence-electron chi connectivity index (χ2n) is 6.43. The minimum atomic E-state index is -0.945. The van der Waals surface area contributed by atoms with Crippen LogP contribution in [0.4, 0.5) is 11.4 Å². The van der Waals surface area contributed by atoms with Gasteiger partial charge in [-0.05, 0) is 36.3 Å². The van der Waals surface area contributed by atoms with E-state index in [2.05, 4.69) is 5.32 Å². The lowest BCUT2D eigenvalue weighted by Gasteiger charge is -2.28. The van der Waals surface area contributed by atoms with Gasteiger partial charge in [0.2, 0.25) is 0 Å². The number of carboxylic acid groups (broad SMARTS) is 1. The highest BCUT2D eigenvalue weighted by Gasteiger charge is 2.35. The maximum absolute atomic E-state index is 13.0. The average Bonchev–Trinajstić information content (AvgIpc) is 3.02. The lowest BCUT2D eigenvalue weighted by molar-refractivity contribution is -0.137. The van der Waals surface area contributed by atoms with E-state index in [1.807, 2.05) is 36.4 Å². The minimum Gasteiger partial charge on any atom is -0.480 e. The number of hydrogen-bond acceptors (Lipinski definition) is 3. The van der Waals surface area contributed by atoms with E-state index < -0.39 is 12.0 Å². The molecule has 2 heterocycles. The van der Waals surface area contributed by atoms with Crippen LogP contribution in [-0.2, 0) is 9.59 Å². The maximum Gasteiger partial charge on any atom is 0.326 e. The van der Waals surface area contributed by atoms with Crippen LogP contribution < -0.4 is 10.2 Å². The summed E-state index contributed by atoms with van der Waals surface area (Å²) in [6.45, 7) is 0.593. The number of carboxylic acids is 1. The van der Waals surface area contributed by atoms with Crippen molar-refractivity contribution in [1.29, 1.82) is 0 Å². The molecule has 26 heavy (non-hydrogen) atoms. The number of nitrogens with one attached hydrogen (secondary N) is 1. The first-order chi connectivity index (χ1) is 12.5. The molecule has 1 saturated heterocycles. The number of nitrogens with zero attached hydrogens (tertiary/aromatic N) is 1. The maximum atomic E-state index is 13.0. The fraction of sp³-hybridized carbons (Fsp3) is 0.200. The largest absolute Gasteiger partial charge is 0.480 e. The van der Waals surface area contributed by atoms with Crippen LogP contribution in [0.3, 0.4) is 0 Å². The SMILES string of the molecule is O=C(O)C1C/C(=C2/CCN(c3ccccc3)C2=O)c2ccc(Cl)cc2N1. The van der Waals surface area contributed by atoms with Crippen LogP contribution in [0.25, 0.3) is 5.57 Å². The van der Waals surface area contributed by atoms with Gasteiger partial charge in [0.25, 0.3) is 5.91 Å². The molecular formula is C20H17ClN2O3. The number of hydrogen-bond donors (Lipinski definition) is 2. The Balaban J connectivity index is 1.78. The zero-order chi connectivity index (χ0) is 18.3. The van der Waals surface area contributed by atoms with E-state index in [4.69, 9.17) is 11.6 Å². The molecule has 1 atom stereocenters. The summed E-state index contributed by atoms with van der Waals surface area (Å²) in [4.78, 5) is 26.3. The van der Waals surface area contributed by atoms with Crippen molar-refractivity contribution in [2.24, 2.45) is 0 Å². The quantitative estimate of drug-likeness (QED) is 0.791. The lowest BCUT2D eigenvalue weighted by Crippen LogP contribution is -2.33. The first kappa shape index (κ1) is 16.7. The molecule has 4 rings (SSSR count). The van der Waals surface area contributed by atoms with E-state index in [1.165, 1.54) is 0 Å². The highest BCUT2D eigenvalue weighted by molar-refractivity contribution is 6.31. The molecule has 0 saturated carbocycles. The predicted octanol–water partition coefficient (Wildman–Crippen LogP) is 3.80.